The van der Waals surface area contributed by atoms with Gasteiger partial charge in [0, 0.05) is 27.2 Å². The molecule has 2 rings (SSSR count). The van der Waals surface area contributed by atoms with Crippen LogP contribution in [-0.4, -0.2) is 6.26 Å². The molecule has 0 atom stereocenters. The van der Waals surface area contributed by atoms with Gasteiger partial charge in [0.2, 0.25) is 0 Å². The van der Waals surface area contributed by atoms with Crippen molar-refractivity contribution in [2.24, 2.45) is 0 Å². The first-order chi connectivity index (χ1) is 8.69. The summed E-state index contributed by atoms with van der Waals surface area (Å²) in [5.41, 5.74) is 1.65. The summed E-state index contributed by atoms with van der Waals surface area (Å²) in [7, 11) is 0. The summed E-state index contributed by atoms with van der Waals surface area (Å²) in [6.45, 7) is 0.475. The zero-order valence-electron chi connectivity index (χ0n) is 9.91. The zero-order valence-corrected chi connectivity index (χ0v) is 12.3. The highest BCUT2D eigenvalue weighted by Crippen LogP contribution is 2.21. The van der Waals surface area contributed by atoms with Crippen molar-refractivity contribution in [2.45, 2.75) is 11.4 Å². The average Bonchev–Trinajstić information content (AvgIpc) is 2.40. The summed E-state index contributed by atoms with van der Waals surface area (Å²) >= 11 is 5.04. The monoisotopic (exact) mass is 325 g/mol. The molecule has 0 spiro atoms. The molecular formula is C14H13BrFNS. The first-order valence-corrected chi connectivity index (χ1v) is 7.52. The molecule has 0 aliphatic rings. The van der Waals surface area contributed by atoms with E-state index < -0.39 is 0 Å². The lowest BCUT2D eigenvalue weighted by atomic mass is 10.2. The van der Waals surface area contributed by atoms with Gasteiger partial charge in [-0.2, -0.15) is 0 Å². The maximum atomic E-state index is 13.6. The minimum absolute atomic E-state index is 0.188. The van der Waals surface area contributed by atoms with Crippen molar-refractivity contribution in [1.82, 2.24) is 0 Å². The summed E-state index contributed by atoms with van der Waals surface area (Å²) in [6.07, 6.45) is 2.03. The van der Waals surface area contributed by atoms with E-state index in [1.54, 1.807) is 23.9 Å². The molecule has 0 saturated carbocycles. The molecule has 94 valence electrons. The fraction of sp³-hybridized carbons (Fsp3) is 0.143. The van der Waals surface area contributed by atoms with E-state index >= 15 is 0 Å². The predicted octanol–water partition coefficient (Wildman–Crippen LogP) is 4.92. The van der Waals surface area contributed by atoms with Gasteiger partial charge in [-0.05, 0) is 42.7 Å². The van der Waals surface area contributed by atoms with E-state index in [-0.39, 0.29) is 5.82 Å². The highest BCUT2D eigenvalue weighted by molar-refractivity contribution is 9.10. The molecule has 0 fully saturated rings. The van der Waals surface area contributed by atoms with Gasteiger partial charge in [-0.25, -0.2) is 4.39 Å². The van der Waals surface area contributed by atoms with Crippen LogP contribution in [0.15, 0.2) is 51.8 Å². The Balaban J connectivity index is 2.08. The summed E-state index contributed by atoms with van der Waals surface area (Å²) in [5.74, 6) is -0.188. The molecule has 0 aromatic heterocycles. The van der Waals surface area contributed by atoms with Gasteiger partial charge < -0.3 is 5.32 Å². The molecule has 0 heterocycles. The maximum absolute atomic E-state index is 13.6. The zero-order chi connectivity index (χ0) is 13.0. The Kier molecular flexibility index (Phi) is 4.66. The minimum atomic E-state index is -0.188. The molecule has 1 N–H and O–H groups in total. The smallest absolute Gasteiger partial charge is 0.128 e. The second-order valence-corrected chi connectivity index (χ2v) is 5.62. The van der Waals surface area contributed by atoms with Crippen LogP contribution in [-0.2, 0) is 6.54 Å². The van der Waals surface area contributed by atoms with E-state index in [1.165, 1.54) is 11.0 Å². The van der Waals surface area contributed by atoms with Gasteiger partial charge in [0.1, 0.15) is 5.82 Å². The SMILES string of the molecule is CSc1cccc(NCc2cc(Br)ccc2F)c1. The number of hydrogen-bond acceptors (Lipinski definition) is 2. The number of rotatable bonds is 4. The van der Waals surface area contributed by atoms with E-state index in [1.807, 2.05) is 18.4 Å². The molecular weight excluding hydrogens is 313 g/mol. The van der Waals surface area contributed by atoms with Crippen LogP contribution in [0.1, 0.15) is 5.56 Å². The van der Waals surface area contributed by atoms with Crippen LogP contribution in [0, 0.1) is 5.82 Å². The Labute approximate surface area is 119 Å². The highest BCUT2D eigenvalue weighted by atomic mass is 79.9. The Morgan fingerprint density at radius 3 is 2.83 bits per heavy atom. The quantitative estimate of drug-likeness (QED) is 0.800. The van der Waals surface area contributed by atoms with E-state index in [0.29, 0.717) is 12.1 Å². The fourth-order valence-corrected chi connectivity index (χ4v) is 2.48. The first-order valence-electron chi connectivity index (χ1n) is 5.51. The second kappa shape index (κ2) is 6.25. The molecule has 0 saturated heterocycles. The van der Waals surface area contributed by atoms with E-state index in [0.717, 1.165) is 10.2 Å². The van der Waals surface area contributed by atoms with Crippen LogP contribution >= 0.6 is 27.7 Å². The lowest BCUT2D eigenvalue weighted by Crippen LogP contribution is -2.01. The van der Waals surface area contributed by atoms with Gasteiger partial charge in [0.15, 0.2) is 0 Å². The highest BCUT2D eigenvalue weighted by Gasteiger charge is 2.03. The number of thioether (sulfide) groups is 1. The van der Waals surface area contributed by atoms with Crippen molar-refractivity contribution < 1.29 is 4.39 Å². The van der Waals surface area contributed by atoms with Gasteiger partial charge in [-0.15, -0.1) is 11.8 Å². The van der Waals surface area contributed by atoms with Crippen molar-refractivity contribution in [3.63, 3.8) is 0 Å². The van der Waals surface area contributed by atoms with E-state index in [9.17, 15) is 4.39 Å². The van der Waals surface area contributed by atoms with Crippen LogP contribution in [0.4, 0.5) is 10.1 Å². The Morgan fingerprint density at radius 1 is 1.22 bits per heavy atom. The average molecular weight is 326 g/mol. The number of benzene rings is 2. The molecule has 0 unspecified atom stereocenters. The van der Waals surface area contributed by atoms with Crippen LogP contribution in [0.3, 0.4) is 0 Å². The third-order valence-electron chi connectivity index (χ3n) is 2.56. The number of hydrogen-bond donors (Lipinski definition) is 1. The second-order valence-electron chi connectivity index (χ2n) is 3.82. The normalized spacial score (nSPS) is 10.4. The van der Waals surface area contributed by atoms with Gasteiger partial charge >= 0.3 is 0 Å². The van der Waals surface area contributed by atoms with Crippen LogP contribution < -0.4 is 5.32 Å². The van der Waals surface area contributed by atoms with Crippen molar-refractivity contribution in [2.75, 3.05) is 11.6 Å². The third-order valence-corrected chi connectivity index (χ3v) is 3.78. The molecule has 0 radical (unpaired) electrons. The molecule has 1 nitrogen and oxygen atoms in total. The van der Waals surface area contributed by atoms with Crippen molar-refractivity contribution in [3.8, 4) is 0 Å². The topological polar surface area (TPSA) is 12.0 Å². The number of nitrogens with one attached hydrogen (secondary N) is 1. The largest absolute Gasteiger partial charge is 0.381 e. The molecule has 2 aromatic carbocycles. The van der Waals surface area contributed by atoms with E-state index in [2.05, 4.69) is 33.4 Å². The third kappa shape index (κ3) is 3.50. The molecule has 0 aliphatic heterocycles. The lowest BCUT2D eigenvalue weighted by Gasteiger charge is -2.09. The standard InChI is InChI=1S/C14H13BrFNS/c1-18-13-4-2-3-12(8-13)17-9-10-7-11(15)5-6-14(10)16/h2-8,17H,9H2,1H3. The van der Waals surface area contributed by atoms with Crippen LogP contribution in [0.2, 0.25) is 0 Å². The maximum Gasteiger partial charge on any atom is 0.128 e. The van der Waals surface area contributed by atoms with Crippen LogP contribution in [0.5, 0.6) is 0 Å². The molecule has 2 aromatic rings. The van der Waals surface area contributed by atoms with Gasteiger partial charge in [-0.1, -0.05) is 22.0 Å². The molecule has 0 aliphatic carbocycles. The summed E-state index contributed by atoms with van der Waals surface area (Å²) in [6, 6.07) is 13.0. The number of halogens is 2. The number of anilines is 1. The summed E-state index contributed by atoms with van der Waals surface area (Å²) < 4.78 is 14.4. The Bertz CT molecular complexity index is 545. The molecule has 4 heteroatoms. The first kappa shape index (κ1) is 13.4. The fourth-order valence-electron chi connectivity index (χ4n) is 1.61. The summed E-state index contributed by atoms with van der Waals surface area (Å²) in [4.78, 5) is 1.19. The van der Waals surface area contributed by atoms with Crippen molar-refractivity contribution >= 4 is 33.4 Å². The van der Waals surface area contributed by atoms with Gasteiger partial charge in [-0.3, -0.25) is 0 Å². The van der Waals surface area contributed by atoms with Gasteiger partial charge in [0.05, 0.1) is 0 Å². The lowest BCUT2D eigenvalue weighted by molar-refractivity contribution is 0.612. The minimum Gasteiger partial charge on any atom is -0.381 e. The molecule has 18 heavy (non-hydrogen) atoms. The Morgan fingerprint density at radius 2 is 2.06 bits per heavy atom. The molecule has 0 amide bonds. The molecule has 0 bridgehead atoms. The van der Waals surface area contributed by atoms with Crippen molar-refractivity contribution in [1.29, 1.82) is 0 Å². The Hall–Kier alpha value is -1.00. The van der Waals surface area contributed by atoms with Crippen LogP contribution in [0.25, 0.3) is 0 Å². The van der Waals surface area contributed by atoms with Gasteiger partial charge in [0.25, 0.3) is 0 Å². The van der Waals surface area contributed by atoms with Crippen molar-refractivity contribution in [3.05, 3.63) is 58.3 Å². The summed E-state index contributed by atoms with van der Waals surface area (Å²) in [5, 5.41) is 3.23. The van der Waals surface area contributed by atoms with E-state index in [4.69, 9.17) is 0 Å². The predicted molar refractivity (Wildman–Crippen MR) is 79.6 cm³/mol.